The van der Waals surface area contributed by atoms with Crippen LogP contribution in [-0.4, -0.2) is 17.0 Å². The second-order valence-corrected chi connectivity index (χ2v) is 7.25. The monoisotopic (exact) mass is 456 g/mol. The number of carbonyl (C=O) groups excluding carboxylic acids is 1. The lowest BCUT2D eigenvalue weighted by Gasteiger charge is -2.12. The molecular formula is C27H21FN2O4. The van der Waals surface area contributed by atoms with Crippen LogP contribution in [0.2, 0.25) is 0 Å². The summed E-state index contributed by atoms with van der Waals surface area (Å²) in [5, 5.41) is 20.8. The number of halogens is 1. The number of anilines is 1. The molecule has 0 fully saturated rings. The first kappa shape index (κ1) is 24.0. The largest absolute Gasteiger partial charge is 0.489 e. The molecule has 170 valence electrons. The summed E-state index contributed by atoms with van der Waals surface area (Å²) in [7, 11) is 0. The van der Waals surface area contributed by atoms with E-state index in [1.807, 2.05) is 6.07 Å². The van der Waals surface area contributed by atoms with E-state index >= 15 is 0 Å². The smallest absolute Gasteiger partial charge is 0.335 e. The number of carboxylic acids is 1. The Morgan fingerprint density at radius 2 is 1.85 bits per heavy atom. The molecule has 0 aliphatic rings. The SMILES string of the molecule is C=CCc1cc(/C=C(/C#N)C(=O)Nc2ccccc2F)ccc1OCc1ccc(C(=O)O)cc1. The number of carboxylic acid groups (broad SMARTS) is 1. The predicted octanol–water partition coefficient (Wildman–Crippen LogP) is 5.38. The summed E-state index contributed by atoms with van der Waals surface area (Å²) >= 11 is 0. The van der Waals surface area contributed by atoms with Crippen molar-refractivity contribution in [1.29, 1.82) is 5.26 Å². The van der Waals surface area contributed by atoms with Gasteiger partial charge in [0.25, 0.3) is 5.91 Å². The molecule has 1 amide bonds. The van der Waals surface area contributed by atoms with Crippen molar-refractivity contribution in [1.82, 2.24) is 0 Å². The van der Waals surface area contributed by atoms with Gasteiger partial charge >= 0.3 is 5.97 Å². The van der Waals surface area contributed by atoms with Crippen LogP contribution in [0, 0.1) is 17.1 Å². The Hall–Kier alpha value is -4.70. The van der Waals surface area contributed by atoms with Crippen molar-refractivity contribution in [2.75, 3.05) is 5.32 Å². The minimum Gasteiger partial charge on any atom is -0.489 e. The highest BCUT2D eigenvalue weighted by Crippen LogP contribution is 2.24. The lowest BCUT2D eigenvalue weighted by atomic mass is 10.0. The van der Waals surface area contributed by atoms with E-state index in [9.17, 15) is 19.2 Å². The molecule has 3 aromatic rings. The number of ether oxygens (including phenoxy) is 1. The fourth-order valence-electron chi connectivity index (χ4n) is 3.12. The number of nitrogens with zero attached hydrogens (tertiary/aromatic N) is 1. The summed E-state index contributed by atoms with van der Waals surface area (Å²) < 4.78 is 19.7. The van der Waals surface area contributed by atoms with Gasteiger partial charge in [-0.3, -0.25) is 4.79 Å². The molecular weight excluding hydrogens is 435 g/mol. The third kappa shape index (κ3) is 6.17. The quantitative estimate of drug-likeness (QED) is 0.256. The normalized spacial score (nSPS) is 10.8. The van der Waals surface area contributed by atoms with E-state index in [0.717, 1.165) is 11.1 Å². The molecule has 0 unspecified atom stereocenters. The van der Waals surface area contributed by atoms with E-state index in [0.29, 0.717) is 17.7 Å². The number of nitrogens with one attached hydrogen (secondary N) is 1. The first-order valence-electron chi connectivity index (χ1n) is 10.3. The van der Waals surface area contributed by atoms with Gasteiger partial charge in [-0.15, -0.1) is 6.58 Å². The Bertz CT molecular complexity index is 1290. The van der Waals surface area contributed by atoms with Gasteiger partial charge in [-0.25, -0.2) is 9.18 Å². The van der Waals surface area contributed by atoms with Crippen LogP contribution in [0.25, 0.3) is 6.08 Å². The molecule has 0 aromatic heterocycles. The van der Waals surface area contributed by atoms with Crippen LogP contribution in [-0.2, 0) is 17.8 Å². The standard InChI is InChI=1S/C27H21FN2O4/c1-2-5-21-14-19(15-22(16-29)26(31)30-24-7-4-3-6-23(24)28)10-13-25(21)34-17-18-8-11-20(12-9-18)27(32)33/h2-4,6-15H,1,5,17H2,(H,30,31)(H,32,33)/b22-15-. The summed E-state index contributed by atoms with van der Waals surface area (Å²) in [4.78, 5) is 23.4. The summed E-state index contributed by atoms with van der Waals surface area (Å²) in [5.74, 6) is -1.72. The summed E-state index contributed by atoms with van der Waals surface area (Å²) in [6.45, 7) is 3.98. The van der Waals surface area contributed by atoms with Crippen LogP contribution in [0.1, 0.15) is 27.0 Å². The average molecular weight is 456 g/mol. The maximum absolute atomic E-state index is 13.8. The molecule has 0 aliphatic heterocycles. The molecule has 0 heterocycles. The topological polar surface area (TPSA) is 99.4 Å². The fraction of sp³-hybridized carbons (Fsp3) is 0.0741. The number of hydrogen-bond acceptors (Lipinski definition) is 4. The second-order valence-electron chi connectivity index (χ2n) is 7.25. The molecule has 3 aromatic carbocycles. The first-order chi connectivity index (χ1) is 16.4. The van der Waals surface area contributed by atoms with Crippen molar-refractivity contribution in [3.63, 3.8) is 0 Å². The van der Waals surface area contributed by atoms with Gasteiger partial charge in [0, 0.05) is 0 Å². The van der Waals surface area contributed by atoms with Gasteiger partial charge in [-0.05, 0) is 65.6 Å². The zero-order chi connectivity index (χ0) is 24.5. The van der Waals surface area contributed by atoms with Crippen LogP contribution in [0.3, 0.4) is 0 Å². The van der Waals surface area contributed by atoms with Crippen LogP contribution >= 0.6 is 0 Å². The van der Waals surface area contributed by atoms with Gasteiger partial charge in [-0.2, -0.15) is 5.26 Å². The zero-order valence-corrected chi connectivity index (χ0v) is 18.1. The van der Waals surface area contributed by atoms with E-state index < -0.39 is 17.7 Å². The molecule has 0 spiro atoms. The Labute approximate surface area is 196 Å². The van der Waals surface area contributed by atoms with E-state index in [1.54, 1.807) is 42.5 Å². The maximum Gasteiger partial charge on any atom is 0.335 e. The van der Waals surface area contributed by atoms with Gasteiger partial charge in [0.1, 0.15) is 29.8 Å². The van der Waals surface area contributed by atoms with Gasteiger partial charge in [0.05, 0.1) is 11.3 Å². The van der Waals surface area contributed by atoms with Crippen molar-refractivity contribution >= 4 is 23.6 Å². The molecule has 3 rings (SSSR count). The Morgan fingerprint density at radius 1 is 1.12 bits per heavy atom. The number of hydrogen-bond donors (Lipinski definition) is 2. The van der Waals surface area contributed by atoms with Crippen LogP contribution < -0.4 is 10.1 Å². The summed E-state index contributed by atoms with van der Waals surface area (Å²) in [6, 6.07) is 19.1. The average Bonchev–Trinajstić information content (AvgIpc) is 2.83. The van der Waals surface area contributed by atoms with E-state index in [4.69, 9.17) is 9.84 Å². The molecule has 0 aliphatic carbocycles. The first-order valence-corrected chi connectivity index (χ1v) is 10.3. The van der Waals surface area contributed by atoms with Crippen molar-refractivity contribution in [2.45, 2.75) is 13.0 Å². The highest BCUT2D eigenvalue weighted by atomic mass is 19.1. The molecule has 34 heavy (non-hydrogen) atoms. The van der Waals surface area contributed by atoms with Crippen LogP contribution in [0.15, 0.2) is 85.0 Å². The number of para-hydroxylation sites is 1. The number of rotatable bonds is 9. The number of nitriles is 1. The molecule has 0 atom stereocenters. The van der Waals surface area contributed by atoms with Crippen LogP contribution in [0.4, 0.5) is 10.1 Å². The number of amides is 1. The number of carbonyl (C=O) groups is 2. The number of aromatic carboxylic acids is 1. The Morgan fingerprint density at radius 3 is 2.50 bits per heavy atom. The highest BCUT2D eigenvalue weighted by molar-refractivity contribution is 6.09. The van der Waals surface area contributed by atoms with E-state index in [-0.39, 0.29) is 23.4 Å². The van der Waals surface area contributed by atoms with Gasteiger partial charge in [0.15, 0.2) is 0 Å². The third-order valence-corrected chi connectivity index (χ3v) is 4.84. The van der Waals surface area contributed by atoms with Gasteiger partial charge < -0.3 is 15.2 Å². The minimum absolute atomic E-state index is 0.0128. The lowest BCUT2D eigenvalue weighted by molar-refractivity contribution is -0.112. The third-order valence-electron chi connectivity index (χ3n) is 4.84. The number of allylic oxidation sites excluding steroid dienone is 1. The second kappa shape index (κ2) is 11.2. The Balaban J connectivity index is 1.77. The van der Waals surface area contributed by atoms with Crippen molar-refractivity contribution in [3.8, 4) is 11.8 Å². The number of benzene rings is 3. The molecule has 2 N–H and O–H groups in total. The molecule has 6 nitrogen and oxygen atoms in total. The Kier molecular flexibility index (Phi) is 7.93. The van der Waals surface area contributed by atoms with E-state index in [2.05, 4.69) is 11.9 Å². The summed E-state index contributed by atoms with van der Waals surface area (Å²) in [6.07, 6.45) is 3.60. The van der Waals surface area contributed by atoms with Crippen LogP contribution in [0.5, 0.6) is 5.75 Å². The molecule has 0 bridgehead atoms. The summed E-state index contributed by atoms with van der Waals surface area (Å²) in [5.41, 5.74) is 2.18. The minimum atomic E-state index is -0.997. The predicted molar refractivity (Wildman–Crippen MR) is 127 cm³/mol. The molecule has 0 saturated heterocycles. The molecule has 0 radical (unpaired) electrons. The lowest BCUT2D eigenvalue weighted by Crippen LogP contribution is -2.14. The van der Waals surface area contributed by atoms with Crippen molar-refractivity contribution in [3.05, 3.63) is 113 Å². The van der Waals surface area contributed by atoms with Crippen molar-refractivity contribution < 1.29 is 23.8 Å². The molecule has 7 heteroatoms. The van der Waals surface area contributed by atoms with Gasteiger partial charge in [0.2, 0.25) is 0 Å². The fourth-order valence-corrected chi connectivity index (χ4v) is 3.12. The van der Waals surface area contributed by atoms with Crippen molar-refractivity contribution in [2.24, 2.45) is 0 Å². The van der Waals surface area contributed by atoms with Gasteiger partial charge in [-0.1, -0.05) is 36.4 Å². The zero-order valence-electron chi connectivity index (χ0n) is 18.1. The highest BCUT2D eigenvalue weighted by Gasteiger charge is 2.13. The molecule has 0 saturated carbocycles. The maximum atomic E-state index is 13.8. The van der Waals surface area contributed by atoms with E-state index in [1.165, 1.54) is 36.4 Å².